The van der Waals surface area contributed by atoms with Crippen LogP contribution in [0.3, 0.4) is 0 Å². The molecule has 1 heterocycles. The van der Waals surface area contributed by atoms with E-state index in [1.165, 1.54) is 0 Å². The van der Waals surface area contributed by atoms with Gasteiger partial charge in [-0.1, -0.05) is 0 Å². The number of nitrogens with zero attached hydrogens (tertiary/aromatic N) is 2. The molecular formula is C23H27N3O3. The minimum Gasteiger partial charge on any atom is -0.493 e. The van der Waals surface area contributed by atoms with Crippen molar-refractivity contribution >= 4 is 5.91 Å². The predicted octanol–water partition coefficient (Wildman–Crippen LogP) is 4.31. The molecule has 1 amide bonds. The molecule has 0 fully saturated rings. The Bertz CT molecular complexity index is 1020. The van der Waals surface area contributed by atoms with Gasteiger partial charge in [0.15, 0.2) is 11.5 Å². The van der Waals surface area contributed by atoms with Crippen molar-refractivity contribution in [1.82, 2.24) is 15.1 Å². The first-order valence-electron chi connectivity index (χ1n) is 9.51. The molecule has 29 heavy (non-hydrogen) atoms. The summed E-state index contributed by atoms with van der Waals surface area (Å²) in [6.45, 7) is 7.91. The molecule has 0 aliphatic carbocycles. The first-order chi connectivity index (χ1) is 13.8. The summed E-state index contributed by atoms with van der Waals surface area (Å²) in [7, 11) is 3.21. The third-order valence-electron chi connectivity index (χ3n) is 4.97. The van der Waals surface area contributed by atoms with Gasteiger partial charge in [0.25, 0.3) is 5.91 Å². The van der Waals surface area contributed by atoms with Crippen LogP contribution in [0.1, 0.15) is 45.8 Å². The highest BCUT2D eigenvalue weighted by Crippen LogP contribution is 2.33. The Labute approximate surface area is 171 Å². The molecule has 6 heteroatoms. The number of hydrogen-bond acceptors (Lipinski definition) is 4. The fourth-order valence-corrected chi connectivity index (χ4v) is 3.46. The van der Waals surface area contributed by atoms with Gasteiger partial charge in [0.2, 0.25) is 0 Å². The maximum atomic E-state index is 12.7. The van der Waals surface area contributed by atoms with Crippen LogP contribution in [0.25, 0.3) is 5.69 Å². The Kier molecular flexibility index (Phi) is 5.92. The third kappa shape index (κ3) is 4.26. The van der Waals surface area contributed by atoms with Crippen molar-refractivity contribution in [3.05, 3.63) is 70.5 Å². The van der Waals surface area contributed by atoms with E-state index in [0.717, 1.165) is 28.2 Å². The zero-order chi connectivity index (χ0) is 21.1. The van der Waals surface area contributed by atoms with Gasteiger partial charge in [0.1, 0.15) is 0 Å². The Morgan fingerprint density at radius 1 is 1.00 bits per heavy atom. The van der Waals surface area contributed by atoms with Gasteiger partial charge in [-0.2, -0.15) is 5.10 Å². The number of methoxy groups -OCH3 is 2. The van der Waals surface area contributed by atoms with Gasteiger partial charge in [-0.25, -0.2) is 4.68 Å². The Morgan fingerprint density at radius 3 is 2.17 bits per heavy atom. The van der Waals surface area contributed by atoms with Crippen LogP contribution < -0.4 is 14.8 Å². The summed E-state index contributed by atoms with van der Waals surface area (Å²) in [4.78, 5) is 12.7. The van der Waals surface area contributed by atoms with Gasteiger partial charge in [-0.15, -0.1) is 0 Å². The summed E-state index contributed by atoms with van der Waals surface area (Å²) in [5, 5.41) is 7.54. The van der Waals surface area contributed by atoms with Gasteiger partial charge >= 0.3 is 0 Å². The van der Waals surface area contributed by atoms with Crippen LogP contribution in [0.2, 0.25) is 0 Å². The van der Waals surface area contributed by atoms with Crippen LogP contribution in [-0.2, 0) is 0 Å². The van der Waals surface area contributed by atoms with Crippen molar-refractivity contribution in [2.45, 2.75) is 33.7 Å². The quantitative estimate of drug-likeness (QED) is 0.678. The van der Waals surface area contributed by atoms with E-state index in [2.05, 4.69) is 10.4 Å². The smallest absolute Gasteiger partial charge is 0.251 e. The molecule has 1 unspecified atom stereocenters. The van der Waals surface area contributed by atoms with Crippen LogP contribution in [-0.4, -0.2) is 29.9 Å². The molecule has 0 saturated heterocycles. The number of ether oxygens (including phenoxy) is 2. The Balaban J connectivity index is 1.77. The lowest BCUT2D eigenvalue weighted by molar-refractivity contribution is 0.0939. The zero-order valence-electron chi connectivity index (χ0n) is 17.7. The number of nitrogens with one attached hydrogen (secondary N) is 1. The number of benzene rings is 2. The van der Waals surface area contributed by atoms with Crippen LogP contribution >= 0.6 is 0 Å². The molecule has 0 bridgehead atoms. The van der Waals surface area contributed by atoms with E-state index in [1.54, 1.807) is 14.2 Å². The zero-order valence-corrected chi connectivity index (χ0v) is 17.7. The molecule has 6 nitrogen and oxygen atoms in total. The summed E-state index contributed by atoms with van der Waals surface area (Å²) in [5.74, 6) is 1.18. The van der Waals surface area contributed by atoms with E-state index in [0.29, 0.717) is 17.1 Å². The van der Waals surface area contributed by atoms with Crippen LogP contribution in [0, 0.1) is 20.8 Å². The molecule has 0 aliphatic heterocycles. The topological polar surface area (TPSA) is 65.4 Å². The number of carbonyl (C=O) groups is 1. The van der Waals surface area contributed by atoms with Crippen molar-refractivity contribution < 1.29 is 14.3 Å². The number of carbonyl (C=O) groups excluding carboxylic acids is 1. The number of aryl methyl sites for hydroxylation is 3. The van der Waals surface area contributed by atoms with Crippen LogP contribution in [0.4, 0.5) is 0 Å². The van der Waals surface area contributed by atoms with E-state index in [1.807, 2.05) is 74.8 Å². The molecule has 0 spiro atoms. The fraction of sp³-hybridized carbons (Fsp3) is 0.304. The number of rotatable bonds is 6. The maximum absolute atomic E-state index is 12.7. The van der Waals surface area contributed by atoms with Gasteiger partial charge in [0, 0.05) is 11.3 Å². The molecule has 0 radical (unpaired) electrons. The monoisotopic (exact) mass is 393 g/mol. The molecule has 1 aromatic heterocycles. The first-order valence-corrected chi connectivity index (χ1v) is 9.51. The minimum atomic E-state index is -0.182. The number of amides is 1. The van der Waals surface area contributed by atoms with E-state index < -0.39 is 0 Å². The molecular weight excluding hydrogens is 366 g/mol. The van der Waals surface area contributed by atoms with Crippen molar-refractivity contribution in [3.8, 4) is 17.2 Å². The van der Waals surface area contributed by atoms with Crippen LogP contribution in [0.15, 0.2) is 42.5 Å². The third-order valence-corrected chi connectivity index (χ3v) is 4.97. The summed E-state index contributed by atoms with van der Waals surface area (Å²) in [5.41, 5.74) is 5.54. The second-order valence-corrected chi connectivity index (χ2v) is 7.14. The standard InChI is InChI=1S/C23H27N3O3/c1-14-11-21(28-5)22(29-6)13-20(14)17(4)24-23(27)18-7-9-19(10-8-18)26-16(3)12-15(2)25-26/h7-13,17H,1-6H3,(H,24,27). The maximum Gasteiger partial charge on any atom is 0.251 e. The van der Waals surface area contributed by atoms with Crippen molar-refractivity contribution in [2.75, 3.05) is 14.2 Å². The van der Waals surface area contributed by atoms with Crippen molar-refractivity contribution in [3.63, 3.8) is 0 Å². The average molecular weight is 393 g/mol. The lowest BCUT2D eigenvalue weighted by Gasteiger charge is -2.19. The lowest BCUT2D eigenvalue weighted by atomic mass is 10.0. The van der Waals surface area contributed by atoms with Gasteiger partial charge in [-0.3, -0.25) is 4.79 Å². The molecule has 1 N–H and O–H groups in total. The first kappa shape index (κ1) is 20.5. The van der Waals surface area contributed by atoms with Gasteiger partial charge < -0.3 is 14.8 Å². The second kappa shape index (κ2) is 8.39. The largest absolute Gasteiger partial charge is 0.493 e. The molecule has 152 valence electrons. The second-order valence-electron chi connectivity index (χ2n) is 7.14. The van der Waals surface area contributed by atoms with Crippen molar-refractivity contribution in [1.29, 1.82) is 0 Å². The molecule has 1 atom stereocenters. The van der Waals surface area contributed by atoms with Gasteiger partial charge in [0.05, 0.1) is 31.6 Å². The van der Waals surface area contributed by atoms with E-state index in [-0.39, 0.29) is 11.9 Å². The minimum absolute atomic E-state index is 0.133. The number of aromatic nitrogens is 2. The summed E-state index contributed by atoms with van der Waals surface area (Å²) < 4.78 is 12.6. The molecule has 0 saturated carbocycles. The van der Waals surface area contributed by atoms with E-state index in [9.17, 15) is 4.79 Å². The normalized spacial score (nSPS) is 11.8. The molecule has 3 aromatic rings. The summed E-state index contributed by atoms with van der Waals surface area (Å²) in [6.07, 6.45) is 0. The van der Waals surface area contributed by atoms with E-state index in [4.69, 9.17) is 9.47 Å². The van der Waals surface area contributed by atoms with Gasteiger partial charge in [-0.05, 0) is 81.3 Å². The highest BCUT2D eigenvalue weighted by molar-refractivity contribution is 5.94. The highest BCUT2D eigenvalue weighted by Gasteiger charge is 2.17. The van der Waals surface area contributed by atoms with Crippen LogP contribution in [0.5, 0.6) is 11.5 Å². The lowest BCUT2D eigenvalue weighted by Crippen LogP contribution is -2.27. The Morgan fingerprint density at radius 2 is 1.62 bits per heavy atom. The molecule has 3 rings (SSSR count). The van der Waals surface area contributed by atoms with Crippen molar-refractivity contribution in [2.24, 2.45) is 0 Å². The van der Waals surface area contributed by atoms with E-state index >= 15 is 0 Å². The highest BCUT2D eigenvalue weighted by atomic mass is 16.5. The molecule has 0 aliphatic rings. The average Bonchev–Trinajstić information content (AvgIpc) is 3.05. The number of hydrogen-bond donors (Lipinski definition) is 1. The fourth-order valence-electron chi connectivity index (χ4n) is 3.46. The predicted molar refractivity (Wildman–Crippen MR) is 113 cm³/mol. The summed E-state index contributed by atoms with van der Waals surface area (Å²) in [6, 6.07) is 13.1. The molecule has 2 aromatic carbocycles. The Hall–Kier alpha value is -3.28. The summed E-state index contributed by atoms with van der Waals surface area (Å²) >= 11 is 0. The SMILES string of the molecule is COc1cc(C)c(C(C)NC(=O)c2ccc(-n3nc(C)cc3C)cc2)cc1OC.